The summed E-state index contributed by atoms with van der Waals surface area (Å²) in [5, 5.41) is 8.17. The first kappa shape index (κ1) is 97.1. The Bertz CT molecular complexity index is 2500. The highest BCUT2D eigenvalue weighted by atomic mass is 16.7. The van der Waals surface area contributed by atoms with Gasteiger partial charge in [-0.05, 0) is 0 Å². The van der Waals surface area contributed by atoms with Crippen LogP contribution in [0.25, 0.3) is 0 Å². The third-order valence-electron chi connectivity index (χ3n) is 15.2. The average molecular weight is 1590 g/mol. The van der Waals surface area contributed by atoms with Crippen molar-refractivity contribution >= 4 is 71.4 Å². The van der Waals surface area contributed by atoms with E-state index in [1.54, 1.807) is 0 Å². The Kier molecular flexibility index (Phi) is 48.8. The number of nitrogens with one attached hydrogen (secondary N) is 3. The molecule has 0 bridgehead atoms. The van der Waals surface area contributed by atoms with Crippen LogP contribution in [0.15, 0.2) is 0 Å². The van der Waals surface area contributed by atoms with Gasteiger partial charge in [-0.3, -0.25) is 57.5 Å². The molecule has 15 unspecified atom stereocenters. The van der Waals surface area contributed by atoms with Crippen molar-refractivity contribution in [2.45, 2.75) is 179 Å². The van der Waals surface area contributed by atoms with Crippen molar-refractivity contribution in [1.29, 1.82) is 0 Å². The Morgan fingerprint density at radius 3 is 0.736 bits per heavy atom. The van der Waals surface area contributed by atoms with Gasteiger partial charge < -0.3 is 153 Å². The summed E-state index contributed by atoms with van der Waals surface area (Å²) in [6.07, 6.45) is -14.0. The predicted molar refractivity (Wildman–Crippen MR) is 368 cm³/mol. The molecule has 0 aliphatic carbocycles. The quantitative estimate of drug-likeness (QED) is 0.0170. The number of hydrogen-bond donors (Lipinski definition) is 7. The van der Waals surface area contributed by atoms with Crippen LogP contribution in [0.5, 0.6) is 0 Å². The highest BCUT2D eigenvalue weighted by Gasteiger charge is 2.52. The molecule has 3 amide bonds. The first-order chi connectivity index (χ1) is 52.4. The maximum atomic E-state index is 12.7. The van der Waals surface area contributed by atoms with Crippen molar-refractivity contribution in [2.75, 3.05) is 178 Å². The third kappa shape index (κ3) is 42.0. The molecule has 3 aliphatic heterocycles. The molecule has 11 N–H and O–H groups in total. The monoisotopic (exact) mass is 1590 g/mol. The zero-order valence-corrected chi connectivity index (χ0v) is 63.9. The van der Waals surface area contributed by atoms with Crippen molar-refractivity contribution < 1.29 is 171 Å². The van der Waals surface area contributed by atoms with E-state index in [9.17, 15) is 57.5 Å². The molecule has 632 valence electrons. The molecule has 0 saturated carbocycles. The molecule has 15 atom stereocenters. The van der Waals surface area contributed by atoms with Crippen LogP contribution in [-0.2, 0) is 171 Å². The molecule has 0 aromatic carbocycles. The van der Waals surface area contributed by atoms with Crippen LogP contribution in [0, 0.1) is 0 Å². The summed E-state index contributed by atoms with van der Waals surface area (Å²) in [5.41, 5.74) is 24.3. The van der Waals surface area contributed by atoms with Gasteiger partial charge in [0.05, 0.1) is 162 Å². The second-order valence-corrected chi connectivity index (χ2v) is 24.8. The van der Waals surface area contributed by atoms with Gasteiger partial charge in [-0.2, -0.15) is 0 Å². The maximum Gasteiger partial charge on any atom is 0.303 e. The Hall–Kier alpha value is -7.12. The van der Waals surface area contributed by atoms with Gasteiger partial charge in [0.1, 0.15) is 38.1 Å². The molecule has 3 aliphatic rings. The van der Waals surface area contributed by atoms with E-state index in [1.807, 2.05) is 0 Å². The lowest BCUT2D eigenvalue weighted by Crippen LogP contribution is -2.64. The zero-order valence-electron chi connectivity index (χ0n) is 63.9. The van der Waals surface area contributed by atoms with Crippen LogP contribution in [0.3, 0.4) is 0 Å². The van der Waals surface area contributed by atoms with E-state index in [0.29, 0.717) is 0 Å². The van der Waals surface area contributed by atoms with Crippen LogP contribution in [0.2, 0.25) is 0 Å². The lowest BCUT2D eigenvalue weighted by atomic mass is 9.97. The maximum absolute atomic E-state index is 12.7. The van der Waals surface area contributed by atoms with Gasteiger partial charge in [0.2, 0.25) is 17.7 Å². The normalized spacial score (nSPS) is 24.2. The van der Waals surface area contributed by atoms with Crippen LogP contribution >= 0.6 is 0 Å². The molecular formula is C67H113N7O36. The Morgan fingerprint density at radius 2 is 0.509 bits per heavy atom. The van der Waals surface area contributed by atoms with Gasteiger partial charge >= 0.3 is 53.7 Å². The first-order valence-corrected chi connectivity index (χ1v) is 35.7. The zero-order chi connectivity index (χ0) is 81.4. The molecule has 110 heavy (non-hydrogen) atoms. The van der Waals surface area contributed by atoms with Crippen molar-refractivity contribution in [1.82, 2.24) is 16.0 Å². The minimum absolute atomic E-state index is 0.0291. The topological polar surface area (TPSA) is 567 Å². The number of rotatable bonds is 57. The van der Waals surface area contributed by atoms with Crippen LogP contribution in [-0.4, -0.2) is 347 Å². The number of nitrogens with two attached hydrogens (primary N) is 4. The fraction of sp³-hybridized carbons (Fsp3) is 0.821. The molecule has 0 radical (unpaired) electrons. The fourth-order valence-corrected chi connectivity index (χ4v) is 10.4. The highest BCUT2D eigenvalue weighted by molar-refractivity contribution is 5.77. The first-order valence-electron chi connectivity index (χ1n) is 35.7. The lowest BCUT2D eigenvalue weighted by Gasteiger charge is -2.43. The van der Waals surface area contributed by atoms with E-state index in [-0.39, 0.29) is 215 Å². The summed E-state index contributed by atoms with van der Waals surface area (Å²) in [4.78, 5) is 144. The van der Waals surface area contributed by atoms with Gasteiger partial charge in [0.25, 0.3) is 0 Å². The summed E-state index contributed by atoms with van der Waals surface area (Å²) in [7, 11) is 0. The minimum atomic E-state index is -1.31. The largest absolute Gasteiger partial charge is 0.463 e. The summed E-state index contributed by atoms with van der Waals surface area (Å²) in [5.74, 6) is -7.16. The third-order valence-corrected chi connectivity index (χ3v) is 15.2. The number of hydrogen-bond acceptors (Lipinski definition) is 40. The molecule has 0 spiro atoms. The highest BCUT2D eigenvalue weighted by Crippen LogP contribution is 2.30. The van der Waals surface area contributed by atoms with Crippen molar-refractivity contribution in [2.24, 2.45) is 22.9 Å². The van der Waals surface area contributed by atoms with Crippen molar-refractivity contribution in [3.63, 3.8) is 0 Å². The van der Waals surface area contributed by atoms with E-state index in [0.717, 1.165) is 41.5 Å². The van der Waals surface area contributed by atoms with Gasteiger partial charge in [-0.15, -0.1) is 0 Å². The van der Waals surface area contributed by atoms with E-state index in [4.69, 9.17) is 137 Å². The van der Waals surface area contributed by atoms with Gasteiger partial charge in [-0.1, -0.05) is 0 Å². The van der Waals surface area contributed by atoms with Crippen molar-refractivity contribution in [3.8, 4) is 0 Å². The van der Waals surface area contributed by atoms with Gasteiger partial charge in [0.15, 0.2) is 55.5 Å². The molecule has 43 heteroatoms. The van der Waals surface area contributed by atoms with E-state index in [2.05, 4.69) is 16.0 Å². The molecule has 0 aromatic heterocycles. The Morgan fingerprint density at radius 1 is 0.291 bits per heavy atom. The summed E-state index contributed by atoms with van der Waals surface area (Å²) in [6.45, 7) is 10.7. The smallest absolute Gasteiger partial charge is 0.303 e. The Balaban J connectivity index is 1.39. The molecule has 3 saturated heterocycles. The second kappa shape index (κ2) is 55.3. The van der Waals surface area contributed by atoms with E-state index < -0.39 is 151 Å². The van der Waals surface area contributed by atoms with Gasteiger partial charge in [0, 0.05) is 101 Å². The Labute approximate surface area is 636 Å². The van der Waals surface area contributed by atoms with Crippen LogP contribution in [0.1, 0.15) is 81.6 Å². The predicted octanol–water partition coefficient (Wildman–Crippen LogP) is -5.16. The number of ether oxygens (including phenoxy) is 24. The summed E-state index contributed by atoms with van der Waals surface area (Å²) < 4.78 is 133. The molecular weight excluding hydrogens is 1480 g/mol. The SMILES string of the molecule is CC(=O)OCC1OC(OCCOCCOCCNC(=O)CCOCC(N)(COCCC(=O)NCCOCCOCCOC2OC(COC(C)=O)C(OC(C)=O)C(OC(C)=O)C2N)COCCC(=O)NCCOCCOCCOC2OC(COC(C)=O)C(OC(C)=O)C(OC(C)=O)C2N)C(N)C(OC(C)=O)C1OC(C)=O. The van der Waals surface area contributed by atoms with E-state index in [1.165, 1.54) is 20.8 Å². The molecule has 3 heterocycles. The molecule has 3 fully saturated rings. The average Bonchev–Trinajstić information content (AvgIpc) is 0.808. The fourth-order valence-electron chi connectivity index (χ4n) is 10.4. The van der Waals surface area contributed by atoms with Crippen molar-refractivity contribution in [3.05, 3.63) is 0 Å². The molecule has 43 nitrogen and oxygen atoms in total. The lowest BCUT2D eigenvalue weighted by molar-refractivity contribution is -0.275. The van der Waals surface area contributed by atoms with Crippen LogP contribution in [0.4, 0.5) is 0 Å². The standard InChI is InChI=1S/C67H113N7O36/c1-40(75)99-34-49-58(102-43(4)78)61(105-46(7)81)55(68)64(108-49)96-31-28-90-25-22-87-19-13-72-52(84)10-16-93-37-67(71,38-94-17-11-53(85)73-14-20-88-23-26-91-29-32-97-65-56(69)62(106-47(8)82)59(103-44(5)79)50(109-65)35-100-41(2)76)39-95-18-12-54(86)74-15-21-89-24-27-92-30-33-98-66-57(70)63(107-48(9)83)60(104-45(6)80)51(110-66)36-101-42(3)77/h49-51,55-66H,10-39,68-71H2,1-9H3,(H,72,84)(H,73,85)(H,74,86). The number of carbonyl (C=O) groups excluding carboxylic acids is 12. The molecule has 0 aromatic rings. The second-order valence-electron chi connectivity index (χ2n) is 24.8. The molecule has 3 rings (SSSR count). The van der Waals surface area contributed by atoms with Gasteiger partial charge in [-0.25, -0.2) is 0 Å². The minimum Gasteiger partial charge on any atom is -0.463 e. The number of carbonyl (C=O) groups is 12. The summed E-state index contributed by atoms with van der Waals surface area (Å²) >= 11 is 0. The van der Waals surface area contributed by atoms with Crippen LogP contribution < -0.4 is 38.9 Å². The summed E-state index contributed by atoms with van der Waals surface area (Å²) in [6, 6.07) is -3.28. The number of esters is 9. The van der Waals surface area contributed by atoms with E-state index >= 15 is 0 Å². The number of amides is 3.